The van der Waals surface area contributed by atoms with E-state index in [9.17, 15) is 9.90 Å². The molecule has 1 atom stereocenters. The van der Waals surface area contributed by atoms with Crippen LogP contribution in [-0.2, 0) is 4.84 Å². The minimum absolute atomic E-state index is 0.162. The van der Waals surface area contributed by atoms with Crippen LogP contribution in [0, 0.1) is 13.8 Å². The van der Waals surface area contributed by atoms with E-state index < -0.39 is 6.10 Å². The van der Waals surface area contributed by atoms with Gasteiger partial charge < -0.3 is 5.11 Å². The summed E-state index contributed by atoms with van der Waals surface area (Å²) in [4.78, 5) is 17.3. The van der Waals surface area contributed by atoms with Gasteiger partial charge in [-0.3, -0.25) is 9.63 Å². The first-order valence-electron chi connectivity index (χ1n) is 6.81. The number of aliphatic hydroxyl groups is 1. The number of hydrogen-bond donors (Lipinski definition) is 1. The van der Waals surface area contributed by atoms with Crippen molar-refractivity contribution < 1.29 is 14.7 Å². The van der Waals surface area contributed by atoms with Crippen molar-refractivity contribution in [1.29, 1.82) is 0 Å². The lowest BCUT2D eigenvalue weighted by atomic mass is 10.2. The summed E-state index contributed by atoms with van der Waals surface area (Å²) in [7, 11) is 0. The fraction of sp³-hybridized carbons (Fsp3) is 0.333. The molecule has 1 saturated heterocycles. The van der Waals surface area contributed by atoms with Crippen molar-refractivity contribution in [2.45, 2.75) is 20.0 Å². The maximum absolute atomic E-state index is 12.2. The highest BCUT2D eigenvalue weighted by atomic mass is 16.7. The molecule has 2 aromatic rings. The average molecular weight is 287 g/mol. The second-order valence-corrected chi connectivity index (χ2v) is 5.20. The molecule has 1 aliphatic heterocycles. The van der Waals surface area contributed by atoms with Crippen LogP contribution in [0.4, 0.5) is 0 Å². The first kappa shape index (κ1) is 13.8. The summed E-state index contributed by atoms with van der Waals surface area (Å²) in [6, 6.07) is 9.17. The standard InChI is InChI=1S/C15H17N3O3/c1-10-7-11(2)18(16-10)13-5-3-12(4-6-13)15(20)17-8-14(19)9-21-17/h3-7,14,19H,8-9H2,1-2H3/t14-/m0/s1. The third-order valence-corrected chi connectivity index (χ3v) is 3.39. The molecule has 110 valence electrons. The molecule has 6 nitrogen and oxygen atoms in total. The Hall–Kier alpha value is -2.18. The molecule has 1 aromatic carbocycles. The molecular weight excluding hydrogens is 270 g/mol. The van der Waals surface area contributed by atoms with Crippen LogP contribution in [0.3, 0.4) is 0 Å². The van der Waals surface area contributed by atoms with Crippen LogP contribution < -0.4 is 0 Å². The van der Waals surface area contributed by atoms with Gasteiger partial charge in [0.25, 0.3) is 5.91 Å². The Kier molecular flexibility index (Phi) is 3.48. The van der Waals surface area contributed by atoms with Gasteiger partial charge in [-0.2, -0.15) is 5.10 Å². The predicted molar refractivity (Wildman–Crippen MR) is 76.0 cm³/mol. The Bertz CT molecular complexity index is 663. The number of hydroxylamine groups is 2. The zero-order valence-electron chi connectivity index (χ0n) is 12.0. The normalized spacial score (nSPS) is 18.2. The fourth-order valence-electron chi connectivity index (χ4n) is 2.39. The van der Waals surface area contributed by atoms with Gasteiger partial charge in [0.1, 0.15) is 12.7 Å². The second kappa shape index (κ2) is 5.31. The maximum atomic E-state index is 12.2. The number of carbonyl (C=O) groups excluding carboxylic acids is 1. The van der Waals surface area contributed by atoms with Crippen molar-refractivity contribution in [3.63, 3.8) is 0 Å². The lowest BCUT2D eigenvalue weighted by Crippen LogP contribution is -2.28. The minimum Gasteiger partial charge on any atom is -0.389 e. The third-order valence-electron chi connectivity index (χ3n) is 3.39. The summed E-state index contributed by atoms with van der Waals surface area (Å²) in [5, 5.41) is 15.0. The minimum atomic E-state index is -0.608. The summed E-state index contributed by atoms with van der Waals surface area (Å²) in [6.45, 7) is 4.30. The Morgan fingerprint density at radius 2 is 2.05 bits per heavy atom. The molecule has 1 amide bonds. The van der Waals surface area contributed by atoms with E-state index in [1.165, 1.54) is 5.06 Å². The van der Waals surface area contributed by atoms with Crippen LogP contribution in [0.15, 0.2) is 30.3 Å². The number of amides is 1. The van der Waals surface area contributed by atoms with Gasteiger partial charge in [0.15, 0.2) is 0 Å². The largest absolute Gasteiger partial charge is 0.389 e. The molecule has 0 bridgehead atoms. The highest BCUT2D eigenvalue weighted by molar-refractivity contribution is 5.93. The van der Waals surface area contributed by atoms with Crippen LogP contribution in [0.2, 0.25) is 0 Å². The summed E-state index contributed by atoms with van der Waals surface area (Å²) in [5.74, 6) is -0.244. The van der Waals surface area contributed by atoms with Gasteiger partial charge in [-0.25, -0.2) is 9.75 Å². The highest BCUT2D eigenvalue weighted by Crippen LogP contribution is 2.16. The second-order valence-electron chi connectivity index (χ2n) is 5.20. The van der Waals surface area contributed by atoms with E-state index in [4.69, 9.17) is 4.84 Å². The van der Waals surface area contributed by atoms with Crippen molar-refractivity contribution in [2.75, 3.05) is 13.2 Å². The van der Waals surface area contributed by atoms with E-state index in [1.54, 1.807) is 12.1 Å². The molecule has 6 heteroatoms. The molecule has 1 N–H and O–H groups in total. The van der Waals surface area contributed by atoms with Crippen molar-refractivity contribution in [1.82, 2.24) is 14.8 Å². The Balaban J connectivity index is 1.81. The monoisotopic (exact) mass is 287 g/mol. The first-order valence-corrected chi connectivity index (χ1v) is 6.81. The molecule has 1 fully saturated rings. The number of aliphatic hydroxyl groups excluding tert-OH is 1. The van der Waals surface area contributed by atoms with Crippen molar-refractivity contribution in [3.05, 3.63) is 47.3 Å². The van der Waals surface area contributed by atoms with E-state index >= 15 is 0 Å². The number of benzene rings is 1. The zero-order chi connectivity index (χ0) is 15.0. The van der Waals surface area contributed by atoms with E-state index in [2.05, 4.69) is 5.10 Å². The molecule has 0 saturated carbocycles. The van der Waals surface area contributed by atoms with Crippen LogP contribution >= 0.6 is 0 Å². The Morgan fingerprint density at radius 1 is 1.33 bits per heavy atom. The molecule has 3 rings (SSSR count). The van der Waals surface area contributed by atoms with Gasteiger partial charge >= 0.3 is 0 Å². The predicted octanol–water partition coefficient (Wildman–Crippen LogP) is 1.24. The SMILES string of the molecule is Cc1cc(C)n(-c2ccc(C(=O)N3C[C@H](O)CO3)cc2)n1. The van der Waals surface area contributed by atoms with Crippen LogP contribution in [0.1, 0.15) is 21.7 Å². The van der Waals surface area contributed by atoms with Crippen LogP contribution in [-0.4, -0.2) is 45.1 Å². The van der Waals surface area contributed by atoms with E-state index in [0.717, 1.165) is 17.1 Å². The van der Waals surface area contributed by atoms with Gasteiger partial charge in [0.2, 0.25) is 0 Å². The average Bonchev–Trinajstić information content (AvgIpc) is 3.04. The van der Waals surface area contributed by atoms with Gasteiger partial charge in [-0.15, -0.1) is 0 Å². The Labute approximate surface area is 122 Å². The molecule has 0 radical (unpaired) electrons. The van der Waals surface area contributed by atoms with Crippen molar-refractivity contribution in [2.24, 2.45) is 0 Å². The maximum Gasteiger partial charge on any atom is 0.277 e. The van der Waals surface area contributed by atoms with E-state index in [1.807, 2.05) is 36.7 Å². The third kappa shape index (κ3) is 2.68. The number of carbonyl (C=O) groups is 1. The number of rotatable bonds is 2. The lowest BCUT2D eigenvalue weighted by Gasteiger charge is -2.14. The van der Waals surface area contributed by atoms with E-state index in [0.29, 0.717) is 5.56 Å². The molecule has 0 unspecified atom stereocenters. The molecular formula is C15H17N3O3. The van der Waals surface area contributed by atoms with E-state index in [-0.39, 0.29) is 19.1 Å². The smallest absolute Gasteiger partial charge is 0.277 e. The highest BCUT2D eigenvalue weighted by Gasteiger charge is 2.26. The molecule has 0 spiro atoms. The number of aryl methyl sites for hydroxylation is 2. The molecule has 0 aliphatic carbocycles. The Morgan fingerprint density at radius 3 is 2.57 bits per heavy atom. The molecule has 2 heterocycles. The number of hydrogen-bond acceptors (Lipinski definition) is 4. The van der Waals surface area contributed by atoms with Crippen LogP contribution in [0.5, 0.6) is 0 Å². The summed E-state index contributed by atoms with van der Waals surface area (Å²) in [5.41, 5.74) is 3.42. The molecule has 1 aliphatic rings. The molecule has 21 heavy (non-hydrogen) atoms. The van der Waals surface area contributed by atoms with Crippen molar-refractivity contribution >= 4 is 5.91 Å². The first-order chi connectivity index (χ1) is 10.0. The number of nitrogens with zero attached hydrogens (tertiary/aromatic N) is 3. The summed E-state index contributed by atoms with van der Waals surface area (Å²) in [6.07, 6.45) is -0.608. The van der Waals surface area contributed by atoms with Crippen molar-refractivity contribution in [3.8, 4) is 5.69 Å². The van der Waals surface area contributed by atoms with Crippen LogP contribution in [0.25, 0.3) is 5.69 Å². The topological polar surface area (TPSA) is 67.6 Å². The summed E-state index contributed by atoms with van der Waals surface area (Å²) < 4.78 is 1.83. The van der Waals surface area contributed by atoms with Gasteiger partial charge in [0, 0.05) is 11.3 Å². The van der Waals surface area contributed by atoms with Gasteiger partial charge in [-0.1, -0.05) is 0 Å². The quantitative estimate of drug-likeness (QED) is 0.902. The summed E-state index contributed by atoms with van der Waals surface area (Å²) >= 11 is 0. The van der Waals surface area contributed by atoms with Gasteiger partial charge in [0.05, 0.1) is 17.9 Å². The van der Waals surface area contributed by atoms with Gasteiger partial charge in [-0.05, 0) is 44.2 Å². The fourth-order valence-corrected chi connectivity index (χ4v) is 2.39. The molecule has 1 aromatic heterocycles. The lowest BCUT2D eigenvalue weighted by molar-refractivity contribution is -0.0779. The number of aromatic nitrogens is 2. The zero-order valence-corrected chi connectivity index (χ0v) is 12.0. The number of β-amino-alcohol motifs (C(OH)–C–C–N with tert-alkyl or cyclic N) is 1.